The second-order valence-electron chi connectivity index (χ2n) is 7.27. The molecule has 1 aliphatic rings. The highest BCUT2D eigenvalue weighted by Crippen LogP contribution is 2.34. The number of anilines is 1. The zero-order chi connectivity index (χ0) is 22.7. The van der Waals surface area contributed by atoms with E-state index in [1.807, 2.05) is 30.3 Å². The molecule has 32 heavy (non-hydrogen) atoms. The molecule has 7 nitrogen and oxygen atoms in total. The van der Waals surface area contributed by atoms with Gasteiger partial charge in [0.1, 0.15) is 18.5 Å². The molecule has 1 aliphatic heterocycles. The number of halogens is 3. The van der Waals surface area contributed by atoms with Gasteiger partial charge in [0, 0.05) is 18.5 Å². The number of amides is 1. The molecule has 166 valence electrons. The van der Waals surface area contributed by atoms with E-state index in [-0.39, 0.29) is 24.6 Å². The molecule has 0 radical (unpaired) electrons. The van der Waals surface area contributed by atoms with E-state index < -0.39 is 35.6 Å². The maximum absolute atomic E-state index is 14.4. The summed E-state index contributed by atoms with van der Waals surface area (Å²) >= 11 is 0. The van der Waals surface area contributed by atoms with Crippen LogP contribution in [0.5, 0.6) is 5.75 Å². The molecule has 4 rings (SSSR count). The zero-order valence-corrected chi connectivity index (χ0v) is 16.7. The minimum Gasteiger partial charge on any atom is -0.486 e. The highest BCUT2D eigenvalue weighted by atomic mass is 19.2. The Hall–Kier alpha value is -3.82. The van der Waals surface area contributed by atoms with Crippen LogP contribution in [0.25, 0.3) is 0 Å². The van der Waals surface area contributed by atoms with Crippen LogP contribution in [-0.4, -0.2) is 35.3 Å². The summed E-state index contributed by atoms with van der Waals surface area (Å²) in [4.78, 5) is 21.5. The molecule has 0 bridgehead atoms. The number of rotatable bonds is 6. The third-order valence-electron chi connectivity index (χ3n) is 5.12. The Labute approximate surface area is 181 Å². The predicted octanol–water partition coefficient (Wildman–Crippen LogP) is 3.54. The van der Waals surface area contributed by atoms with E-state index in [4.69, 9.17) is 15.2 Å². The van der Waals surface area contributed by atoms with E-state index in [1.54, 1.807) is 4.90 Å². The predicted molar refractivity (Wildman–Crippen MR) is 109 cm³/mol. The van der Waals surface area contributed by atoms with Crippen LogP contribution in [0.3, 0.4) is 0 Å². The number of aromatic nitrogens is 2. The molecule has 0 aliphatic carbocycles. The highest BCUT2D eigenvalue weighted by Gasteiger charge is 2.39. The molecule has 1 fully saturated rings. The number of ether oxygens (including phenoxy) is 2. The summed E-state index contributed by atoms with van der Waals surface area (Å²) in [6.07, 6.45) is 1.02. The maximum Gasteiger partial charge on any atom is 0.404 e. The lowest BCUT2D eigenvalue weighted by atomic mass is 9.95. The maximum atomic E-state index is 14.4. The molecule has 1 amide bonds. The minimum atomic E-state index is -1.30. The number of carbonyl (C=O) groups excluding carboxylic acids is 1. The molecule has 10 heteroatoms. The Morgan fingerprint density at radius 3 is 2.41 bits per heavy atom. The minimum absolute atomic E-state index is 0.0935. The largest absolute Gasteiger partial charge is 0.486 e. The fourth-order valence-corrected chi connectivity index (χ4v) is 3.61. The summed E-state index contributed by atoms with van der Waals surface area (Å²) in [7, 11) is 0. The van der Waals surface area contributed by atoms with E-state index >= 15 is 0 Å². The Bertz CT molecular complexity index is 1100. The second kappa shape index (κ2) is 9.13. The molecule has 0 saturated carbocycles. The monoisotopic (exact) mass is 444 g/mol. The van der Waals surface area contributed by atoms with Gasteiger partial charge in [0.05, 0.1) is 18.9 Å². The molecule has 1 saturated heterocycles. The molecule has 0 spiro atoms. The van der Waals surface area contributed by atoms with Gasteiger partial charge in [-0.1, -0.05) is 30.3 Å². The lowest BCUT2D eigenvalue weighted by molar-refractivity contribution is 0.108. The summed E-state index contributed by atoms with van der Waals surface area (Å²) in [5, 5.41) is 0. The van der Waals surface area contributed by atoms with Crippen LogP contribution < -0.4 is 15.4 Å². The fourth-order valence-electron chi connectivity index (χ4n) is 3.61. The summed E-state index contributed by atoms with van der Waals surface area (Å²) in [5.41, 5.74) is 6.00. The molecular formula is C22H19F3N4O3. The van der Waals surface area contributed by atoms with Crippen molar-refractivity contribution < 1.29 is 27.4 Å². The van der Waals surface area contributed by atoms with E-state index in [1.165, 1.54) is 12.4 Å². The Balaban J connectivity index is 1.50. The van der Waals surface area contributed by atoms with Crippen molar-refractivity contribution in [1.82, 2.24) is 9.97 Å². The van der Waals surface area contributed by atoms with Gasteiger partial charge in [0.25, 0.3) is 0 Å². The first-order valence-corrected chi connectivity index (χ1v) is 9.75. The molecule has 3 aromatic rings. The van der Waals surface area contributed by atoms with Crippen LogP contribution in [0.1, 0.15) is 17.0 Å². The molecule has 2 unspecified atom stereocenters. The molecular weight excluding hydrogens is 425 g/mol. The van der Waals surface area contributed by atoms with Gasteiger partial charge in [-0.05, 0) is 17.2 Å². The van der Waals surface area contributed by atoms with Crippen molar-refractivity contribution in [1.29, 1.82) is 0 Å². The van der Waals surface area contributed by atoms with Crippen molar-refractivity contribution in [3.8, 4) is 5.75 Å². The third kappa shape index (κ3) is 4.74. The number of primary amides is 1. The first kappa shape index (κ1) is 21.4. The van der Waals surface area contributed by atoms with Crippen molar-refractivity contribution in [2.24, 2.45) is 5.73 Å². The first-order valence-electron chi connectivity index (χ1n) is 9.75. The first-order chi connectivity index (χ1) is 15.4. The summed E-state index contributed by atoms with van der Waals surface area (Å²) in [5.74, 6) is -3.52. The number of carbonyl (C=O) groups is 1. The SMILES string of the molecule is NC(=O)OC1CN(c2ncc(OCc3ccccc3)cn2)CC1c1cc(F)c(F)cc1F. The Kier molecular flexibility index (Phi) is 6.11. The highest BCUT2D eigenvalue weighted by molar-refractivity contribution is 5.65. The van der Waals surface area contributed by atoms with Crippen LogP contribution in [0, 0.1) is 17.5 Å². The van der Waals surface area contributed by atoms with Crippen molar-refractivity contribution >= 4 is 12.0 Å². The van der Waals surface area contributed by atoms with Gasteiger partial charge >= 0.3 is 6.09 Å². The van der Waals surface area contributed by atoms with Gasteiger partial charge in [-0.3, -0.25) is 0 Å². The van der Waals surface area contributed by atoms with E-state index in [0.717, 1.165) is 11.6 Å². The van der Waals surface area contributed by atoms with E-state index in [0.29, 0.717) is 18.4 Å². The van der Waals surface area contributed by atoms with Crippen molar-refractivity contribution in [2.45, 2.75) is 18.6 Å². The smallest absolute Gasteiger partial charge is 0.404 e. The molecule has 2 N–H and O–H groups in total. The van der Waals surface area contributed by atoms with Gasteiger partial charge < -0.3 is 20.1 Å². The topological polar surface area (TPSA) is 90.6 Å². The standard InChI is InChI=1S/C22H19F3N4O3/c23-17-7-19(25)18(24)6-15(17)16-10-29(11-20(16)32-21(26)30)22-27-8-14(9-28-22)31-12-13-4-2-1-3-5-13/h1-9,16,20H,10-12H2,(H2,26,30). The van der Waals surface area contributed by atoms with Gasteiger partial charge in [0.15, 0.2) is 17.4 Å². The summed E-state index contributed by atoms with van der Waals surface area (Å²) in [6.45, 7) is 0.541. The lowest BCUT2D eigenvalue weighted by Gasteiger charge is -2.18. The van der Waals surface area contributed by atoms with Gasteiger partial charge in [-0.2, -0.15) is 0 Å². The van der Waals surface area contributed by atoms with Gasteiger partial charge in [0.2, 0.25) is 5.95 Å². The normalized spacial score (nSPS) is 17.9. The third-order valence-corrected chi connectivity index (χ3v) is 5.12. The van der Waals surface area contributed by atoms with E-state index in [9.17, 15) is 18.0 Å². The average molecular weight is 444 g/mol. The zero-order valence-electron chi connectivity index (χ0n) is 16.7. The van der Waals surface area contributed by atoms with Crippen LogP contribution in [-0.2, 0) is 11.3 Å². The average Bonchev–Trinajstić information content (AvgIpc) is 3.18. The van der Waals surface area contributed by atoms with Crippen LogP contribution in [0.15, 0.2) is 54.9 Å². The Morgan fingerprint density at radius 1 is 1.03 bits per heavy atom. The quantitative estimate of drug-likeness (QED) is 0.585. The van der Waals surface area contributed by atoms with E-state index in [2.05, 4.69) is 9.97 Å². The van der Waals surface area contributed by atoms with Gasteiger partial charge in [-0.25, -0.2) is 27.9 Å². The summed E-state index contributed by atoms with van der Waals surface area (Å²) in [6, 6.07) is 10.8. The lowest BCUT2D eigenvalue weighted by Crippen LogP contribution is -2.29. The van der Waals surface area contributed by atoms with Crippen molar-refractivity contribution in [3.05, 3.63) is 83.4 Å². The van der Waals surface area contributed by atoms with Gasteiger partial charge in [-0.15, -0.1) is 0 Å². The number of hydrogen-bond acceptors (Lipinski definition) is 6. The molecule has 1 aromatic heterocycles. The Morgan fingerprint density at radius 2 is 1.72 bits per heavy atom. The summed E-state index contributed by atoms with van der Waals surface area (Å²) < 4.78 is 52.2. The molecule has 2 aromatic carbocycles. The number of benzene rings is 2. The molecule has 2 heterocycles. The second-order valence-corrected chi connectivity index (χ2v) is 7.27. The number of nitrogens with two attached hydrogens (primary N) is 1. The van der Waals surface area contributed by atoms with Crippen LogP contribution >= 0.6 is 0 Å². The van der Waals surface area contributed by atoms with Crippen LogP contribution in [0.4, 0.5) is 23.9 Å². The fraction of sp³-hybridized carbons (Fsp3) is 0.227. The number of hydrogen-bond donors (Lipinski definition) is 1. The molecule has 2 atom stereocenters. The van der Waals surface area contributed by atoms with Crippen LogP contribution in [0.2, 0.25) is 0 Å². The van der Waals surface area contributed by atoms with Crippen molar-refractivity contribution in [3.63, 3.8) is 0 Å². The van der Waals surface area contributed by atoms with Crippen molar-refractivity contribution in [2.75, 3.05) is 18.0 Å². The number of nitrogens with zero attached hydrogens (tertiary/aromatic N) is 3.